The van der Waals surface area contributed by atoms with Crippen LogP contribution in [0.1, 0.15) is 25.0 Å². The highest BCUT2D eigenvalue weighted by molar-refractivity contribution is 5.51. The molecule has 0 saturated carbocycles. The quantitative estimate of drug-likeness (QED) is 0.823. The maximum Gasteiger partial charge on any atom is 0.0658 e. The second kappa shape index (κ2) is 4.23. The maximum absolute atomic E-state index is 9.31. The van der Waals surface area contributed by atoms with Crippen molar-refractivity contribution in [1.29, 1.82) is 0 Å². The van der Waals surface area contributed by atoms with Crippen LogP contribution in [0.15, 0.2) is 18.2 Å². The van der Waals surface area contributed by atoms with Gasteiger partial charge in [-0.2, -0.15) is 0 Å². The van der Waals surface area contributed by atoms with Crippen LogP contribution < -0.4 is 4.90 Å². The average Bonchev–Trinajstić information content (AvgIpc) is 2.21. The third-order valence-electron chi connectivity index (χ3n) is 3.17. The molecule has 0 aliphatic heterocycles. The summed E-state index contributed by atoms with van der Waals surface area (Å²) in [4.78, 5) is 2.11. The minimum absolute atomic E-state index is 0.149. The molecule has 2 heteroatoms. The fourth-order valence-electron chi connectivity index (χ4n) is 1.39. The maximum atomic E-state index is 9.31. The third-order valence-corrected chi connectivity index (χ3v) is 3.17. The molecule has 1 N–H and O–H groups in total. The molecular weight excluding hydrogens is 186 g/mol. The summed E-state index contributed by atoms with van der Waals surface area (Å²) in [6.45, 7) is 8.43. The van der Waals surface area contributed by atoms with E-state index in [1.807, 2.05) is 20.9 Å². The van der Waals surface area contributed by atoms with Crippen molar-refractivity contribution in [3.63, 3.8) is 0 Å². The predicted octanol–water partition coefficient (Wildman–Crippen LogP) is 2.51. The first-order valence-corrected chi connectivity index (χ1v) is 5.30. The molecule has 0 spiro atoms. The molecule has 2 nitrogen and oxygen atoms in total. The molecule has 0 atom stereocenters. The van der Waals surface area contributed by atoms with Crippen molar-refractivity contribution in [2.45, 2.75) is 33.2 Å². The zero-order chi connectivity index (χ0) is 11.6. The Morgan fingerprint density at radius 1 is 1.20 bits per heavy atom. The highest BCUT2D eigenvalue weighted by Crippen LogP contribution is 2.23. The first kappa shape index (κ1) is 12.1. The van der Waals surface area contributed by atoms with Gasteiger partial charge in [-0.15, -0.1) is 0 Å². The monoisotopic (exact) mass is 207 g/mol. The molecule has 1 rings (SSSR count). The topological polar surface area (TPSA) is 23.5 Å². The van der Waals surface area contributed by atoms with Crippen LogP contribution in [0.25, 0.3) is 0 Å². The molecule has 15 heavy (non-hydrogen) atoms. The Morgan fingerprint density at radius 3 is 2.27 bits per heavy atom. The standard InChI is InChI=1S/C13H21NO/c1-10-6-7-12(8-11(10)2)14(5)13(3,4)9-15/h6-8,15H,9H2,1-5H3. The average molecular weight is 207 g/mol. The number of anilines is 1. The fourth-order valence-corrected chi connectivity index (χ4v) is 1.39. The number of aliphatic hydroxyl groups excluding tert-OH is 1. The van der Waals surface area contributed by atoms with Crippen molar-refractivity contribution in [1.82, 2.24) is 0 Å². The van der Waals surface area contributed by atoms with E-state index in [1.165, 1.54) is 11.1 Å². The molecule has 0 bridgehead atoms. The lowest BCUT2D eigenvalue weighted by molar-refractivity contribution is 0.216. The Balaban J connectivity index is 3.02. The van der Waals surface area contributed by atoms with Crippen LogP contribution in [0, 0.1) is 13.8 Å². The highest BCUT2D eigenvalue weighted by atomic mass is 16.3. The van der Waals surface area contributed by atoms with E-state index in [2.05, 4.69) is 36.9 Å². The van der Waals surface area contributed by atoms with E-state index < -0.39 is 0 Å². The Labute approximate surface area is 92.5 Å². The number of likely N-dealkylation sites (N-methyl/N-ethyl adjacent to an activating group) is 1. The number of aryl methyl sites for hydroxylation is 2. The van der Waals surface area contributed by atoms with Crippen molar-refractivity contribution in [3.8, 4) is 0 Å². The summed E-state index contributed by atoms with van der Waals surface area (Å²) < 4.78 is 0. The van der Waals surface area contributed by atoms with Gasteiger partial charge in [-0.1, -0.05) is 6.07 Å². The number of nitrogens with zero attached hydrogens (tertiary/aromatic N) is 1. The second-order valence-corrected chi connectivity index (χ2v) is 4.80. The van der Waals surface area contributed by atoms with Gasteiger partial charge in [0, 0.05) is 12.7 Å². The largest absolute Gasteiger partial charge is 0.394 e. The van der Waals surface area contributed by atoms with Crippen LogP contribution in [0.4, 0.5) is 5.69 Å². The molecular formula is C13H21NO. The molecule has 0 radical (unpaired) electrons. The third kappa shape index (κ3) is 2.51. The Hall–Kier alpha value is -1.02. The van der Waals surface area contributed by atoms with E-state index >= 15 is 0 Å². The Morgan fingerprint density at radius 2 is 1.80 bits per heavy atom. The van der Waals surface area contributed by atoms with E-state index in [0.717, 1.165) is 5.69 Å². The van der Waals surface area contributed by atoms with Crippen molar-refractivity contribution in [3.05, 3.63) is 29.3 Å². The SMILES string of the molecule is Cc1ccc(N(C)C(C)(C)CO)cc1C. The number of rotatable bonds is 3. The van der Waals surface area contributed by atoms with Crippen LogP contribution in [0.2, 0.25) is 0 Å². The van der Waals surface area contributed by atoms with Gasteiger partial charge in [0.25, 0.3) is 0 Å². The Bertz CT molecular complexity index is 344. The second-order valence-electron chi connectivity index (χ2n) is 4.80. The molecule has 0 amide bonds. The molecule has 1 aromatic rings. The first-order valence-electron chi connectivity index (χ1n) is 5.30. The lowest BCUT2D eigenvalue weighted by atomic mass is 10.0. The van der Waals surface area contributed by atoms with Crippen molar-refractivity contribution < 1.29 is 5.11 Å². The number of aliphatic hydroxyl groups is 1. The van der Waals surface area contributed by atoms with Crippen LogP contribution in [-0.2, 0) is 0 Å². The smallest absolute Gasteiger partial charge is 0.0658 e. The van der Waals surface area contributed by atoms with E-state index in [-0.39, 0.29) is 12.1 Å². The van der Waals surface area contributed by atoms with Gasteiger partial charge in [0.05, 0.1) is 12.1 Å². The van der Waals surface area contributed by atoms with Crippen molar-refractivity contribution in [2.75, 3.05) is 18.6 Å². The summed E-state index contributed by atoms with van der Waals surface area (Å²) in [6.07, 6.45) is 0. The summed E-state index contributed by atoms with van der Waals surface area (Å²) in [5, 5.41) is 9.31. The van der Waals surface area contributed by atoms with Crippen LogP contribution in [-0.4, -0.2) is 24.3 Å². The van der Waals surface area contributed by atoms with Gasteiger partial charge < -0.3 is 10.0 Å². The van der Waals surface area contributed by atoms with Gasteiger partial charge in [-0.05, 0) is 51.0 Å². The molecule has 0 heterocycles. The highest BCUT2D eigenvalue weighted by Gasteiger charge is 2.22. The summed E-state index contributed by atoms with van der Waals surface area (Å²) in [6, 6.07) is 6.38. The van der Waals surface area contributed by atoms with Crippen molar-refractivity contribution in [2.24, 2.45) is 0 Å². The minimum Gasteiger partial charge on any atom is -0.394 e. The van der Waals surface area contributed by atoms with E-state index in [1.54, 1.807) is 0 Å². The van der Waals surface area contributed by atoms with Crippen LogP contribution in [0.3, 0.4) is 0 Å². The van der Waals surface area contributed by atoms with Crippen molar-refractivity contribution >= 4 is 5.69 Å². The molecule has 1 aromatic carbocycles. The molecule has 84 valence electrons. The summed E-state index contributed by atoms with van der Waals surface area (Å²) in [5.41, 5.74) is 3.51. The number of benzene rings is 1. The molecule has 0 unspecified atom stereocenters. The summed E-state index contributed by atoms with van der Waals surface area (Å²) >= 11 is 0. The fraction of sp³-hybridized carbons (Fsp3) is 0.538. The van der Waals surface area contributed by atoms with Gasteiger partial charge in [0.1, 0.15) is 0 Å². The van der Waals surface area contributed by atoms with Gasteiger partial charge in [-0.25, -0.2) is 0 Å². The minimum atomic E-state index is -0.221. The summed E-state index contributed by atoms with van der Waals surface area (Å²) in [7, 11) is 2.01. The first-order chi connectivity index (χ1) is 6.88. The predicted molar refractivity (Wildman–Crippen MR) is 65.5 cm³/mol. The molecule has 0 fully saturated rings. The van der Waals surface area contributed by atoms with E-state index in [4.69, 9.17) is 0 Å². The number of hydrogen-bond acceptors (Lipinski definition) is 2. The molecule has 0 aromatic heterocycles. The van der Waals surface area contributed by atoms with E-state index in [9.17, 15) is 5.11 Å². The summed E-state index contributed by atoms with van der Waals surface area (Å²) in [5.74, 6) is 0. The lowest BCUT2D eigenvalue weighted by Crippen LogP contribution is -2.44. The van der Waals surface area contributed by atoms with E-state index in [0.29, 0.717) is 0 Å². The molecule has 0 aliphatic rings. The number of hydrogen-bond donors (Lipinski definition) is 1. The zero-order valence-electron chi connectivity index (χ0n) is 10.3. The Kier molecular flexibility index (Phi) is 3.40. The van der Waals surface area contributed by atoms with Crippen LogP contribution in [0.5, 0.6) is 0 Å². The molecule has 0 saturated heterocycles. The molecule has 0 aliphatic carbocycles. The van der Waals surface area contributed by atoms with Gasteiger partial charge in [0.2, 0.25) is 0 Å². The van der Waals surface area contributed by atoms with Crippen LogP contribution >= 0.6 is 0 Å². The van der Waals surface area contributed by atoms with Gasteiger partial charge >= 0.3 is 0 Å². The zero-order valence-corrected chi connectivity index (χ0v) is 10.3. The van der Waals surface area contributed by atoms with Gasteiger partial charge in [0.15, 0.2) is 0 Å². The van der Waals surface area contributed by atoms with Gasteiger partial charge in [-0.3, -0.25) is 0 Å². The lowest BCUT2D eigenvalue weighted by Gasteiger charge is -2.36. The normalized spacial score (nSPS) is 11.6.